The van der Waals surface area contributed by atoms with Gasteiger partial charge in [-0.2, -0.15) is 22.5 Å². The van der Waals surface area contributed by atoms with Crippen LogP contribution >= 0.6 is 11.5 Å². The molecule has 1 aromatic carbocycles. The molecule has 0 atom stereocenters. The summed E-state index contributed by atoms with van der Waals surface area (Å²) in [4.78, 5) is 7.61. The number of hydrogen-bond donors (Lipinski definition) is 0. The Morgan fingerprint density at radius 2 is 1.79 bits per heavy atom. The fraction of sp³-hybridized carbons (Fsp3) is 0.375. The number of piperazine rings is 1. The maximum Gasteiger partial charge on any atom is 0.452 e. The zero-order chi connectivity index (χ0) is 17.0. The summed E-state index contributed by atoms with van der Waals surface area (Å²) in [7, 11) is 0. The Balaban J connectivity index is 1.51. The van der Waals surface area contributed by atoms with E-state index in [1.165, 1.54) is 0 Å². The molecule has 2 aromatic rings. The molecule has 126 valence electrons. The second-order valence-electron chi connectivity index (χ2n) is 5.33. The Bertz CT molecular complexity index is 725. The van der Waals surface area contributed by atoms with E-state index in [0.717, 1.165) is 30.2 Å². The SMILES string of the molecule is FC(F)(F)c1nsc(N2CCN(CC#Cc3ccccc3)CC2)n1. The maximum absolute atomic E-state index is 12.5. The molecule has 1 saturated heterocycles. The molecule has 4 nitrogen and oxygen atoms in total. The van der Waals surface area contributed by atoms with Crippen LogP contribution in [0.2, 0.25) is 0 Å². The van der Waals surface area contributed by atoms with Crippen LogP contribution in [-0.2, 0) is 6.18 Å². The van der Waals surface area contributed by atoms with Crippen molar-refractivity contribution in [2.75, 3.05) is 37.6 Å². The molecular formula is C16H15F3N4S. The van der Waals surface area contributed by atoms with Crippen LogP contribution in [0.1, 0.15) is 11.4 Å². The minimum absolute atomic E-state index is 0.331. The van der Waals surface area contributed by atoms with Gasteiger partial charge in [-0.05, 0) is 12.1 Å². The van der Waals surface area contributed by atoms with Gasteiger partial charge < -0.3 is 4.90 Å². The van der Waals surface area contributed by atoms with Gasteiger partial charge in [0.25, 0.3) is 0 Å². The standard InChI is InChI=1S/C16H15F3N4S/c17-16(18,19)14-20-15(24-21-14)23-11-9-22(10-12-23)8-4-7-13-5-2-1-3-6-13/h1-3,5-6H,8-12H2. The first-order valence-electron chi connectivity index (χ1n) is 7.44. The van der Waals surface area contributed by atoms with E-state index >= 15 is 0 Å². The van der Waals surface area contributed by atoms with Crippen molar-refractivity contribution in [3.8, 4) is 11.8 Å². The fourth-order valence-electron chi connectivity index (χ4n) is 2.33. The van der Waals surface area contributed by atoms with Crippen molar-refractivity contribution in [2.24, 2.45) is 0 Å². The molecular weight excluding hydrogens is 337 g/mol. The van der Waals surface area contributed by atoms with Gasteiger partial charge in [-0.1, -0.05) is 30.0 Å². The van der Waals surface area contributed by atoms with E-state index in [-0.39, 0.29) is 0 Å². The van der Waals surface area contributed by atoms with E-state index in [9.17, 15) is 13.2 Å². The molecule has 0 bridgehead atoms. The summed E-state index contributed by atoms with van der Waals surface area (Å²) in [5.74, 6) is 5.18. The van der Waals surface area contributed by atoms with Gasteiger partial charge in [0.15, 0.2) is 0 Å². The Kier molecular flexibility index (Phi) is 5.02. The highest BCUT2D eigenvalue weighted by atomic mass is 32.1. The average molecular weight is 352 g/mol. The molecule has 0 spiro atoms. The van der Waals surface area contributed by atoms with Gasteiger partial charge in [0.2, 0.25) is 11.0 Å². The van der Waals surface area contributed by atoms with Gasteiger partial charge >= 0.3 is 6.18 Å². The number of rotatable bonds is 2. The maximum atomic E-state index is 12.5. The second kappa shape index (κ2) is 7.20. The van der Waals surface area contributed by atoms with Gasteiger partial charge in [-0.3, -0.25) is 4.90 Å². The van der Waals surface area contributed by atoms with Crippen molar-refractivity contribution in [3.05, 3.63) is 41.7 Å². The molecule has 24 heavy (non-hydrogen) atoms. The van der Waals surface area contributed by atoms with Gasteiger partial charge in [0.1, 0.15) is 0 Å². The summed E-state index contributed by atoms with van der Waals surface area (Å²) in [6, 6.07) is 9.75. The number of halogens is 3. The van der Waals surface area contributed by atoms with E-state index in [0.29, 0.717) is 24.8 Å². The lowest BCUT2D eigenvalue weighted by Gasteiger charge is -2.33. The smallest absolute Gasteiger partial charge is 0.344 e. The fourth-order valence-corrected chi connectivity index (χ4v) is 3.07. The van der Waals surface area contributed by atoms with Crippen molar-refractivity contribution >= 4 is 16.7 Å². The minimum atomic E-state index is -4.48. The molecule has 3 rings (SSSR count). The normalized spacial score (nSPS) is 15.9. The average Bonchev–Trinajstić information content (AvgIpc) is 3.07. The number of alkyl halides is 3. The first-order valence-corrected chi connectivity index (χ1v) is 8.22. The predicted molar refractivity (Wildman–Crippen MR) is 86.9 cm³/mol. The molecule has 2 heterocycles. The highest BCUT2D eigenvalue weighted by Crippen LogP contribution is 2.30. The Hall–Kier alpha value is -2.11. The summed E-state index contributed by atoms with van der Waals surface area (Å²) in [6.45, 7) is 3.38. The van der Waals surface area contributed by atoms with E-state index in [2.05, 4.69) is 26.1 Å². The lowest BCUT2D eigenvalue weighted by atomic mass is 10.2. The van der Waals surface area contributed by atoms with Gasteiger partial charge in [-0.25, -0.2) is 0 Å². The number of nitrogens with zero attached hydrogens (tertiary/aromatic N) is 4. The summed E-state index contributed by atoms with van der Waals surface area (Å²) in [6.07, 6.45) is -4.48. The van der Waals surface area contributed by atoms with E-state index in [1.807, 2.05) is 35.2 Å². The molecule has 0 aliphatic carbocycles. The lowest BCUT2D eigenvalue weighted by Crippen LogP contribution is -2.46. The third-order valence-corrected chi connectivity index (χ3v) is 4.40. The van der Waals surface area contributed by atoms with Crippen LogP contribution in [0.15, 0.2) is 30.3 Å². The second-order valence-corrected chi connectivity index (χ2v) is 6.06. The van der Waals surface area contributed by atoms with Crippen molar-refractivity contribution < 1.29 is 13.2 Å². The van der Waals surface area contributed by atoms with E-state index in [4.69, 9.17) is 0 Å². The Labute approximate surface area is 142 Å². The summed E-state index contributed by atoms with van der Waals surface area (Å²) in [5, 5.41) is 0.331. The number of anilines is 1. The largest absolute Gasteiger partial charge is 0.452 e. The van der Waals surface area contributed by atoms with Crippen LogP contribution in [0.3, 0.4) is 0 Å². The van der Waals surface area contributed by atoms with Crippen molar-refractivity contribution in [2.45, 2.75) is 6.18 Å². The van der Waals surface area contributed by atoms with Crippen molar-refractivity contribution in [1.29, 1.82) is 0 Å². The molecule has 1 fully saturated rings. The highest BCUT2D eigenvalue weighted by Gasteiger charge is 2.36. The Morgan fingerprint density at radius 1 is 1.08 bits per heavy atom. The quantitative estimate of drug-likeness (QED) is 0.778. The third-order valence-electron chi connectivity index (χ3n) is 3.62. The van der Waals surface area contributed by atoms with Crippen LogP contribution in [0.5, 0.6) is 0 Å². The van der Waals surface area contributed by atoms with E-state index in [1.54, 1.807) is 0 Å². The minimum Gasteiger partial charge on any atom is -0.344 e. The molecule has 1 aliphatic heterocycles. The first-order chi connectivity index (χ1) is 11.5. The third kappa shape index (κ3) is 4.24. The summed E-state index contributed by atoms with van der Waals surface area (Å²) in [5.41, 5.74) is 0.977. The van der Waals surface area contributed by atoms with E-state index < -0.39 is 12.0 Å². The number of benzene rings is 1. The van der Waals surface area contributed by atoms with Crippen molar-refractivity contribution in [3.63, 3.8) is 0 Å². The lowest BCUT2D eigenvalue weighted by molar-refractivity contribution is -0.144. The molecule has 0 unspecified atom stereocenters. The number of aromatic nitrogens is 2. The van der Waals surface area contributed by atoms with Crippen LogP contribution in [0, 0.1) is 11.8 Å². The van der Waals surface area contributed by atoms with Gasteiger partial charge in [-0.15, -0.1) is 0 Å². The first kappa shape index (κ1) is 16.7. The molecule has 1 aromatic heterocycles. The summed E-state index contributed by atoms with van der Waals surface area (Å²) >= 11 is 0.798. The van der Waals surface area contributed by atoms with Crippen LogP contribution < -0.4 is 4.90 Å². The predicted octanol–water partition coefficient (Wildman–Crippen LogP) is 2.73. The Morgan fingerprint density at radius 3 is 2.42 bits per heavy atom. The van der Waals surface area contributed by atoms with Crippen LogP contribution in [0.25, 0.3) is 0 Å². The van der Waals surface area contributed by atoms with Gasteiger partial charge in [0, 0.05) is 43.3 Å². The molecule has 0 N–H and O–H groups in total. The molecule has 0 radical (unpaired) electrons. The highest BCUT2D eigenvalue weighted by molar-refractivity contribution is 7.09. The zero-order valence-electron chi connectivity index (χ0n) is 12.8. The topological polar surface area (TPSA) is 32.3 Å². The monoisotopic (exact) mass is 352 g/mol. The molecule has 1 aliphatic rings. The van der Waals surface area contributed by atoms with Gasteiger partial charge in [0.05, 0.1) is 6.54 Å². The molecule has 0 saturated carbocycles. The zero-order valence-corrected chi connectivity index (χ0v) is 13.6. The van der Waals surface area contributed by atoms with Crippen molar-refractivity contribution in [1.82, 2.24) is 14.3 Å². The molecule has 0 amide bonds. The van der Waals surface area contributed by atoms with Crippen LogP contribution in [0.4, 0.5) is 18.3 Å². The van der Waals surface area contributed by atoms with Crippen LogP contribution in [-0.4, -0.2) is 47.0 Å². The molecule has 8 heteroatoms. The number of hydrogen-bond acceptors (Lipinski definition) is 5. The summed E-state index contributed by atoms with van der Waals surface area (Å²) < 4.78 is 41.0.